The molecule has 37 heavy (non-hydrogen) atoms. The zero-order chi connectivity index (χ0) is 25.6. The minimum absolute atomic E-state index is 0.0833. The smallest absolute Gasteiger partial charge is 0.264 e. The van der Waals surface area contributed by atoms with Crippen molar-refractivity contribution in [3.8, 4) is 6.07 Å². The Bertz CT molecular complexity index is 1230. The summed E-state index contributed by atoms with van der Waals surface area (Å²) in [6.45, 7) is 8.61. The zero-order valence-electron chi connectivity index (χ0n) is 21.4. The van der Waals surface area contributed by atoms with E-state index < -0.39 is 0 Å². The molecule has 1 atom stereocenters. The minimum Gasteiger partial charge on any atom is -0.372 e. The van der Waals surface area contributed by atoms with Crippen molar-refractivity contribution in [2.75, 3.05) is 50.7 Å². The summed E-state index contributed by atoms with van der Waals surface area (Å²) in [4.78, 5) is 20.7. The lowest BCUT2D eigenvalue weighted by Crippen LogP contribution is -2.49. The van der Waals surface area contributed by atoms with Crippen molar-refractivity contribution in [2.24, 2.45) is 0 Å². The Morgan fingerprint density at radius 1 is 1.03 bits per heavy atom. The van der Waals surface area contributed by atoms with E-state index >= 15 is 0 Å². The van der Waals surface area contributed by atoms with E-state index in [2.05, 4.69) is 40.1 Å². The molecular weight excluding hydrogens is 480 g/mol. The Balaban J connectivity index is 1.27. The highest BCUT2D eigenvalue weighted by atomic mass is 32.1. The number of carbonyl (C=O) groups is 1. The molecule has 3 heterocycles. The van der Waals surface area contributed by atoms with E-state index in [1.807, 2.05) is 47.5 Å². The lowest BCUT2D eigenvalue weighted by atomic mass is 10.1. The third-order valence-corrected chi connectivity index (χ3v) is 8.39. The van der Waals surface area contributed by atoms with Gasteiger partial charge in [0.1, 0.15) is 0 Å². The summed E-state index contributed by atoms with van der Waals surface area (Å²) in [5, 5.41) is 11.1. The lowest BCUT2D eigenvalue weighted by Gasteiger charge is -2.36. The van der Waals surface area contributed by atoms with Crippen molar-refractivity contribution >= 4 is 22.9 Å². The van der Waals surface area contributed by atoms with Gasteiger partial charge >= 0.3 is 0 Å². The Morgan fingerprint density at radius 3 is 2.46 bits per heavy atom. The lowest BCUT2D eigenvalue weighted by molar-refractivity contribution is 0.00349. The van der Waals surface area contributed by atoms with Crippen molar-refractivity contribution in [3.63, 3.8) is 0 Å². The molecule has 192 valence electrons. The maximum absolute atomic E-state index is 13.0. The van der Waals surface area contributed by atoms with E-state index in [1.165, 1.54) is 35.4 Å². The third kappa shape index (κ3) is 6.22. The predicted octanol–water partition coefficient (Wildman–Crippen LogP) is 5.24. The van der Waals surface area contributed by atoms with Crippen molar-refractivity contribution < 1.29 is 9.53 Å². The molecule has 0 unspecified atom stereocenters. The van der Waals surface area contributed by atoms with Gasteiger partial charge < -0.3 is 14.5 Å². The highest BCUT2D eigenvalue weighted by molar-refractivity contribution is 7.12. The molecule has 0 bridgehead atoms. The summed E-state index contributed by atoms with van der Waals surface area (Å²) < 4.78 is 6.54. The van der Waals surface area contributed by atoms with Crippen LogP contribution in [0.15, 0.2) is 60.0 Å². The summed E-state index contributed by atoms with van der Waals surface area (Å²) in [6.07, 6.45) is 2.41. The van der Waals surface area contributed by atoms with Gasteiger partial charge in [-0.2, -0.15) is 5.26 Å². The number of aryl methyl sites for hydroxylation is 1. The largest absolute Gasteiger partial charge is 0.372 e. The number of hydrogen-bond donors (Lipinski definition) is 0. The monoisotopic (exact) mass is 514 g/mol. The summed E-state index contributed by atoms with van der Waals surface area (Å²) in [7, 11) is 0. The molecular formula is C30H34N4O2S. The molecule has 0 N–H and O–H groups in total. The van der Waals surface area contributed by atoms with Crippen LogP contribution in [0.2, 0.25) is 0 Å². The predicted molar refractivity (Wildman–Crippen MR) is 148 cm³/mol. The van der Waals surface area contributed by atoms with E-state index in [1.54, 1.807) is 0 Å². The first kappa shape index (κ1) is 25.5. The van der Waals surface area contributed by atoms with E-state index in [0.29, 0.717) is 12.2 Å². The van der Waals surface area contributed by atoms with Crippen LogP contribution in [0.5, 0.6) is 0 Å². The average Bonchev–Trinajstić information content (AvgIpc) is 3.64. The summed E-state index contributed by atoms with van der Waals surface area (Å²) in [5.74, 6) is 0.152. The molecule has 5 rings (SSSR count). The van der Waals surface area contributed by atoms with Crippen LogP contribution >= 0.6 is 11.3 Å². The van der Waals surface area contributed by atoms with Gasteiger partial charge in [-0.15, -0.1) is 11.3 Å². The van der Waals surface area contributed by atoms with Crippen LogP contribution < -0.4 is 4.90 Å². The van der Waals surface area contributed by atoms with Gasteiger partial charge in [-0.25, -0.2) is 0 Å². The van der Waals surface area contributed by atoms with Gasteiger partial charge in [-0.3, -0.25) is 9.69 Å². The molecule has 3 aromatic rings. The fraction of sp³-hybridized carbons (Fsp3) is 0.400. The van der Waals surface area contributed by atoms with E-state index in [9.17, 15) is 4.79 Å². The number of amides is 1. The number of anilines is 1. The molecule has 0 spiro atoms. The molecule has 2 fully saturated rings. The summed E-state index contributed by atoms with van der Waals surface area (Å²) >= 11 is 1.53. The number of piperazine rings is 1. The van der Waals surface area contributed by atoms with Crippen LogP contribution in [0.4, 0.5) is 5.69 Å². The van der Waals surface area contributed by atoms with Crippen molar-refractivity contribution in [3.05, 3.63) is 87.1 Å². The number of benzene rings is 2. The van der Waals surface area contributed by atoms with E-state index in [4.69, 9.17) is 10.00 Å². The maximum atomic E-state index is 13.0. The normalized spacial score (nSPS) is 17.1. The van der Waals surface area contributed by atoms with Crippen LogP contribution in [0.25, 0.3) is 0 Å². The third-order valence-electron chi connectivity index (χ3n) is 7.39. The number of carbonyl (C=O) groups excluding carboxylic acids is 1. The Hall–Kier alpha value is -3.18. The number of thiophene rings is 1. The maximum Gasteiger partial charge on any atom is 0.264 e. The molecule has 2 aliphatic rings. The fourth-order valence-corrected chi connectivity index (χ4v) is 6.02. The number of hydrogen-bond acceptors (Lipinski definition) is 6. The SMILES string of the molecule is Cc1ccsc1C(=O)N1CCN(C[C@H](OCc2ccc(C#N)cc2)c2cccc(N3CCCC3)c2)CC1. The quantitative estimate of drug-likeness (QED) is 0.411. The van der Waals surface area contributed by atoms with Gasteiger partial charge in [-0.05, 0) is 72.2 Å². The summed E-state index contributed by atoms with van der Waals surface area (Å²) in [6, 6.07) is 20.6. The number of rotatable bonds is 8. The van der Waals surface area contributed by atoms with Crippen LogP contribution in [-0.4, -0.2) is 61.5 Å². The molecule has 2 saturated heterocycles. The van der Waals surface area contributed by atoms with Gasteiger partial charge in [0.15, 0.2) is 0 Å². The first-order chi connectivity index (χ1) is 18.1. The van der Waals surface area contributed by atoms with Gasteiger partial charge in [0.2, 0.25) is 0 Å². The second kappa shape index (κ2) is 11.9. The minimum atomic E-state index is -0.0833. The van der Waals surface area contributed by atoms with Crippen LogP contribution in [0.3, 0.4) is 0 Å². The number of ether oxygens (including phenoxy) is 1. The Kier molecular flexibility index (Phi) is 8.20. The topological polar surface area (TPSA) is 59.8 Å². The van der Waals surface area contributed by atoms with Gasteiger partial charge in [0.05, 0.1) is 29.2 Å². The van der Waals surface area contributed by atoms with Crippen molar-refractivity contribution in [1.29, 1.82) is 5.26 Å². The van der Waals surface area contributed by atoms with Gasteiger partial charge in [0, 0.05) is 51.5 Å². The fourth-order valence-electron chi connectivity index (χ4n) is 5.13. The second-order valence-corrected chi connectivity index (χ2v) is 10.8. The molecule has 0 saturated carbocycles. The second-order valence-electron chi connectivity index (χ2n) is 9.92. The molecule has 6 nitrogen and oxygen atoms in total. The van der Waals surface area contributed by atoms with Crippen LogP contribution in [0, 0.1) is 18.3 Å². The molecule has 0 aliphatic carbocycles. The van der Waals surface area contributed by atoms with Crippen LogP contribution in [-0.2, 0) is 11.3 Å². The van der Waals surface area contributed by atoms with Crippen LogP contribution in [0.1, 0.15) is 50.9 Å². The molecule has 2 aliphatic heterocycles. The first-order valence-corrected chi connectivity index (χ1v) is 14.0. The number of nitriles is 1. The van der Waals surface area contributed by atoms with E-state index in [0.717, 1.165) is 61.8 Å². The van der Waals surface area contributed by atoms with Gasteiger partial charge in [-0.1, -0.05) is 24.3 Å². The molecule has 1 amide bonds. The highest BCUT2D eigenvalue weighted by Gasteiger charge is 2.26. The average molecular weight is 515 g/mol. The summed E-state index contributed by atoms with van der Waals surface area (Å²) in [5.41, 5.74) is 5.23. The Labute approximate surface area is 223 Å². The number of nitrogens with zero attached hydrogens (tertiary/aromatic N) is 4. The molecule has 1 aromatic heterocycles. The van der Waals surface area contributed by atoms with Crippen molar-refractivity contribution in [2.45, 2.75) is 32.5 Å². The molecule has 0 radical (unpaired) electrons. The molecule has 2 aromatic carbocycles. The first-order valence-electron chi connectivity index (χ1n) is 13.1. The van der Waals surface area contributed by atoms with Gasteiger partial charge in [0.25, 0.3) is 5.91 Å². The highest BCUT2D eigenvalue weighted by Crippen LogP contribution is 2.28. The molecule has 7 heteroatoms. The zero-order valence-corrected chi connectivity index (χ0v) is 22.3. The van der Waals surface area contributed by atoms with Crippen molar-refractivity contribution in [1.82, 2.24) is 9.80 Å². The Morgan fingerprint density at radius 2 is 1.78 bits per heavy atom. The standard InChI is InChI=1S/C30H34N4O2S/c1-23-11-18-37-29(23)30(35)34-16-14-32(15-17-34)21-28(36-22-25-9-7-24(20-31)8-10-25)26-5-4-6-27(19-26)33-12-2-3-13-33/h4-11,18-19,28H,2-3,12-17,21-22H2,1H3/t28-/m0/s1. The van der Waals surface area contributed by atoms with E-state index in [-0.39, 0.29) is 12.0 Å².